The highest BCUT2D eigenvalue weighted by atomic mass is 19.1. The second-order valence-electron chi connectivity index (χ2n) is 18.0. The van der Waals surface area contributed by atoms with E-state index in [1.54, 1.807) is 18.5 Å². The molecule has 5 fully saturated rings. The van der Waals surface area contributed by atoms with E-state index in [0.29, 0.717) is 56.4 Å². The minimum Gasteiger partial charge on any atom is -0.488 e. The Balaban J connectivity index is 0.680. The molecule has 2 N–H and O–H groups in total. The fourth-order valence-electron chi connectivity index (χ4n) is 9.90. The van der Waals surface area contributed by atoms with E-state index in [9.17, 15) is 14.4 Å². The van der Waals surface area contributed by atoms with Crippen molar-refractivity contribution >= 4 is 40.1 Å². The zero-order valence-corrected chi connectivity index (χ0v) is 34.0. The van der Waals surface area contributed by atoms with E-state index in [1.165, 1.54) is 4.90 Å². The maximum atomic E-state index is 16.0. The summed E-state index contributed by atoms with van der Waals surface area (Å²) >= 11 is 0. The van der Waals surface area contributed by atoms with E-state index in [2.05, 4.69) is 47.1 Å². The lowest BCUT2D eigenvalue weighted by Gasteiger charge is -2.42. The first-order valence-corrected chi connectivity index (χ1v) is 21.6. The lowest BCUT2D eigenvalue weighted by molar-refractivity contribution is -0.136. The van der Waals surface area contributed by atoms with Crippen LogP contribution in [0.25, 0.3) is 22.3 Å². The SMILES string of the molecule is CC1(Oc2ccc3[nH]nc(-c4cc(N5CCC(CN6CC[C@@H](CN7CCN(c8ccc9c(c8F)CN(C8CCC(=O)NC8=O)C9=O)CC7)[C@@H](F)C6)CC5)ncn4)c3c2)CC1. The van der Waals surface area contributed by atoms with Crippen LogP contribution >= 0.6 is 0 Å². The number of carbonyl (C=O) groups excluding carboxylic acids is 3. The molecule has 3 atom stereocenters. The summed E-state index contributed by atoms with van der Waals surface area (Å²) in [5.41, 5.74) is 3.44. The number of carbonyl (C=O) groups is 3. The molecule has 14 nitrogen and oxygen atoms in total. The molecule has 60 heavy (non-hydrogen) atoms. The van der Waals surface area contributed by atoms with Gasteiger partial charge < -0.3 is 24.3 Å². The number of amides is 3. The minimum atomic E-state index is -0.895. The van der Waals surface area contributed by atoms with Gasteiger partial charge in [0.25, 0.3) is 5.91 Å². The molecule has 6 aliphatic rings. The maximum Gasteiger partial charge on any atom is 0.255 e. The van der Waals surface area contributed by atoms with Gasteiger partial charge in [-0.05, 0) is 88.2 Å². The van der Waals surface area contributed by atoms with Crippen molar-refractivity contribution in [3.8, 4) is 17.1 Å². The van der Waals surface area contributed by atoms with Gasteiger partial charge in [0, 0.05) is 93.8 Å². The van der Waals surface area contributed by atoms with E-state index in [0.717, 1.165) is 92.1 Å². The molecule has 3 amide bonds. The summed E-state index contributed by atoms with van der Waals surface area (Å²) in [6.07, 6.45) is 6.09. The average Bonchev–Trinajstić information content (AvgIpc) is 3.66. The molecule has 0 bridgehead atoms. The summed E-state index contributed by atoms with van der Waals surface area (Å²) < 4.78 is 37.9. The number of fused-ring (bicyclic) bond motifs is 2. The highest BCUT2D eigenvalue weighted by Gasteiger charge is 2.42. The van der Waals surface area contributed by atoms with Crippen molar-refractivity contribution in [3.05, 3.63) is 59.7 Å². The molecule has 16 heteroatoms. The Morgan fingerprint density at radius 3 is 2.47 bits per heavy atom. The molecule has 10 rings (SSSR count). The third kappa shape index (κ3) is 7.68. The third-order valence-corrected chi connectivity index (χ3v) is 13.8. The second-order valence-corrected chi connectivity index (χ2v) is 18.0. The Hall–Kier alpha value is -5.22. The molecule has 4 saturated heterocycles. The van der Waals surface area contributed by atoms with E-state index in [1.807, 2.05) is 29.2 Å². The summed E-state index contributed by atoms with van der Waals surface area (Å²) in [6.45, 7) is 9.44. The van der Waals surface area contributed by atoms with Gasteiger partial charge >= 0.3 is 0 Å². The standard InChI is InChI=1S/C44H52F2N10O4/c1-44(11-12-44)60-29-2-4-34-31(20-29)41(51-50-34)35-21-38(48-26-47-35)55-14-8-27(9-15-55)22-53-13-10-28(33(45)25-53)23-52-16-18-54(19-17-52)36-5-3-30-32(40(36)46)24-56(43(30)59)37-6-7-39(57)49-42(37)58/h2-5,20-21,26-28,33,37H,6-19,22-25H2,1H3,(H,50,51)(H,49,57,58)/t28-,33-,37?/m0/s1. The molecule has 0 spiro atoms. The van der Waals surface area contributed by atoms with E-state index in [-0.39, 0.29) is 48.3 Å². The van der Waals surface area contributed by atoms with E-state index in [4.69, 9.17) is 4.74 Å². The molecule has 1 aliphatic carbocycles. The number of nitrogens with zero attached hydrogens (tertiary/aromatic N) is 8. The highest BCUT2D eigenvalue weighted by molar-refractivity contribution is 6.05. The van der Waals surface area contributed by atoms with Crippen molar-refractivity contribution in [1.29, 1.82) is 0 Å². The number of H-pyrrole nitrogens is 1. The predicted molar refractivity (Wildman–Crippen MR) is 221 cm³/mol. The summed E-state index contributed by atoms with van der Waals surface area (Å²) in [5, 5.41) is 11.0. The van der Waals surface area contributed by atoms with Gasteiger partial charge in [-0.2, -0.15) is 5.10 Å². The number of anilines is 2. The number of imide groups is 1. The van der Waals surface area contributed by atoms with Crippen LogP contribution in [0.5, 0.6) is 5.75 Å². The van der Waals surface area contributed by atoms with Crippen LogP contribution in [-0.4, -0.2) is 136 Å². The van der Waals surface area contributed by atoms with Gasteiger partial charge in [-0.25, -0.2) is 18.7 Å². The fourth-order valence-corrected chi connectivity index (χ4v) is 9.90. The van der Waals surface area contributed by atoms with Gasteiger partial charge in [0.1, 0.15) is 41.4 Å². The molecule has 5 aliphatic heterocycles. The maximum absolute atomic E-state index is 16.0. The van der Waals surface area contributed by atoms with Crippen molar-refractivity contribution in [2.75, 3.05) is 75.2 Å². The lowest BCUT2D eigenvalue weighted by Crippen LogP contribution is -2.52. The Labute approximate surface area is 347 Å². The number of halogens is 2. The highest BCUT2D eigenvalue weighted by Crippen LogP contribution is 2.41. The molecule has 0 radical (unpaired) electrons. The summed E-state index contributed by atoms with van der Waals surface area (Å²) in [6, 6.07) is 10.6. The lowest BCUT2D eigenvalue weighted by atomic mass is 9.91. The van der Waals surface area contributed by atoms with Gasteiger partial charge in [0.2, 0.25) is 11.8 Å². The van der Waals surface area contributed by atoms with Crippen LogP contribution in [-0.2, 0) is 16.1 Å². The summed E-state index contributed by atoms with van der Waals surface area (Å²) in [5.74, 6) is 0.513. The van der Waals surface area contributed by atoms with Crippen LogP contribution < -0.4 is 19.9 Å². The number of hydrogen-bond donors (Lipinski definition) is 2. The molecule has 1 unspecified atom stereocenters. The fraction of sp³-hybridized carbons (Fsp3) is 0.545. The van der Waals surface area contributed by atoms with Gasteiger partial charge in [0.05, 0.1) is 23.4 Å². The molecule has 1 saturated carbocycles. The van der Waals surface area contributed by atoms with Crippen LogP contribution in [0.2, 0.25) is 0 Å². The van der Waals surface area contributed by atoms with Gasteiger partial charge in [-0.15, -0.1) is 0 Å². The topological polar surface area (TPSA) is 143 Å². The number of rotatable bonds is 10. The number of benzene rings is 2. The number of hydrogen-bond acceptors (Lipinski definition) is 11. The van der Waals surface area contributed by atoms with E-state index >= 15 is 8.78 Å². The zero-order chi connectivity index (χ0) is 41.1. The van der Waals surface area contributed by atoms with Crippen LogP contribution in [0.1, 0.15) is 67.8 Å². The van der Waals surface area contributed by atoms with Crippen LogP contribution in [0.15, 0.2) is 42.7 Å². The zero-order valence-electron chi connectivity index (χ0n) is 34.0. The Morgan fingerprint density at radius 2 is 1.70 bits per heavy atom. The third-order valence-electron chi connectivity index (χ3n) is 13.8. The largest absolute Gasteiger partial charge is 0.488 e. The number of alkyl halides is 1. The van der Waals surface area contributed by atoms with E-state index < -0.39 is 23.9 Å². The number of piperazine rings is 1. The van der Waals surface area contributed by atoms with Crippen molar-refractivity contribution in [1.82, 2.24) is 40.2 Å². The number of piperidine rings is 3. The summed E-state index contributed by atoms with van der Waals surface area (Å²) in [7, 11) is 0. The molecule has 316 valence electrons. The first-order valence-electron chi connectivity index (χ1n) is 21.6. The first kappa shape index (κ1) is 38.9. The van der Waals surface area contributed by atoms with Crippen LogP contribution in [0, 0.1) is 17.7 Å². The monoisotopic (exact) mass is 822 g/mol. The second kappa shape index (κ2) is 15.7. The number of nitrogens with one attached hydrogen (secondary N) is 2. The van der Waals surface area contributed by atoms with Gasteiger partial charge in [0.15, 0.2) is 5.82 Å². The van der Waals surface area contributed by atoms with Crippen LogP contribution in [0.3, 0.4) is 0 Å². The molecule has 4 aromatic rings. The average molecular weight is 823 g/mol. The number of likely N-dealkylation sites (tertiary alicyclic amines) is 1. The Kier molecular flexibility index (Phi) is 10.2. The molecule has 2 aromatic carbocycles. The molecule has 2 aromatic heterocycles. The normalized spacial score (nSPS) is 25.2. The Morgan fingerprint density at radius 1 is 0.883 bits per heavy atom. The summed E-state index contributed by atoms with van der Waals surface area (Å²) in [4.78, 5) is 56.7. The smallest absolute Gasteiger partial charge is 0.255 e. The first-order chi connectivity index (χ1) is 29.1. The Bertz CT molecular complexity index is 2300. The number of aromatic nitrogens is 4. The molecule has 7 heterocycles. The van der Waals surface area contributed by atoms with Gasteiger partial charge in [-0.3, -0.25) is 29.7 Å². The van der Waals surface area contributed by atoms with Crippen molar-refractivity contribution < 1.29 is 27.9 Å². The quantitative estimate of drug-likeness (QED) is 0.218. The number of ether oxygens (including phenoxy) is 1. The van der Waals surface area contributed by atoms with Crippen molar-refractivity contribution in [2.45, 2.75) is 76.2 Å². The van der Waals surface area contributed by atoms with Crippen molar-refractivity contribution in [3.63, 3.8) is 0 Å². The molecular formula is C44H52F2N10O4. The molecular weight excluding hydrogens is 771 g/mol. The van der Waals surface area contributed by atoms with Crippen LogP contribution in [0.4, 0.5) is 20.3 Å². The number of aromatic amines is 1. The van der Waals surface area contributed by atoms with Crippen molar-refractivity contribution in [2.24, 2.45) is 11.8 Å². The van der Waals surface area contributed by atoms with Gasteiger partial charge in [-0.1, -0.05) is 0 Å². The minimum absolute atomic E-state index is 0.00215. The predicted octanol–water partition coefficient (Wildman–Crippen LogP) is 4.55.